The van der Waals surface area contributed by atoms with Gasteiger partial charge in [-0.25, -0.2) is 13.4 Å². The summed E-state index contributed by atoms with van der Waals surface area (Å²) in [7, 11) is -0.241. The maximum atomic E-state index is 12.3. The van der Waals surface area contributed by atoms with Crippen molar-refractivity contribution in [2.45, 2.75) is 11.4 Å². The molecule has 0 amide bonds. The highest BCUT2D eigenvalue weighted by molar-refractivity contribution is 7.89. The van der Waals surface area contributed by atoms with Crippen molar-refractivity contribution < 1.29 is 8.42 Å². The molecule has 7 nitrogen and oxygen atoms in total. The van der Waals surface area contributed by atoms with Crippen LogP contribution in [-0.4, -0.2) is 42.0 Å². The Balaban J connectivity index is 2.20. The van der Waals surface area contributed by atoms with Crippen LogP contribution in [0.5, 0.6) is 0 Å². The Morgan fingerprint density at radius 1 is 1.32 bits per heavy atom. The predicted octanol–water partition coefficient (Wildman–Crippen LogP) is 0.667. The Kier molecular flexibility index (Phi) is 3.82. The van der Waals surface area contributed by atoms with Crippen molar-refractivity contribution in [3.05, 3.63) is 36.4 Å². The van der Waals surface area contributed by atoms with E-state index in [0.717, 1.165) is 5.69 Å². The van der Waals surface area contributed by atoms with Crippen molar-refractivity contribution in [2.75, 3.05) is 19.4 Å². The van der Waals surface area contributed by atoms with Crippen molar-refractivity contribution in [2.24, 2.45) is 0 Å². The van der Waals surface area contributed by atoms with Crippen LogP contribution in [-0.2, 0) is 16.6 Å². The van der Waals surface area contributed by atoms with Gasteiger partial charge in [-0.2, -0.15) is 9.40 Å². The maximum absolute atomic E-state index is 12.3. The Labute approximate surface area is 111 Å². The third-order valence-corrected chi connectivity index (χ3v) is 4.51. The minimum absolute atomic E-state index is 0.149. The summed E-state index contributed by atoms with van der Waals surface area (Å²) in [6.45, 7) is 0.149. The molecule has 0 unspecified atom stereocenters. The zero-order chi connectivity index (χ0) is 13.9. The van der Waals surface area contributed by atoms with Gasteiger partial charge in [-0.15, -0.1) is 0 Å². The minimum atomic E-state index is -3.52. The number of hydrogen-bond donors (Lipinski definition) is 2. The van der Waals surface area contributed by atoms with Crippen molar-refractivity contribution in [3.8, 4) is 0 Å². The fourth-order valence-electron chi connectivity index (χ4n) is 1.58. The first kappa shape index (κ1) is 13.5. The second kappa shape index (κ2) is 5.37. The van der Waals surface area contributed by atoms with Crippen LogP contribution in [0.15, 0.2) is 35.5 Å². The number of hydrogen-bond acceptors (Lipinski definition) is 5. The average Bonchev–Trinajstić information content (AvgIpc) is 2.91. The molecule has 0 spiro atoms. The summed E-state index contributed by atoms with van der Waals surface area (Å²) in [5, 5.41) is 9.26. The lowest BCUT2D eigenvalue weighted by atomic mass is 10.3. The lowest BCUT2D eigenvalue weighted by molar-refractivity contribution is 0.457. The summed E-state index contributed by atoms with van der Waals surface area (Å²) in [5.74, 6) is 0.498. The molecule has 0 saturated carbocycles. The van der Waals surface area contributed by atoms with E-state index in [4.69, 9.17) is 0 Å². The number of sulfonamides is 1. The number of nitrogens with one attached hydrogen (secondary N) is 2. The molecule has 1 heterocycles. The maximum Gasteiger partial charge on any atom is 0.243 e. The molecule has 1 aromatic carbocycles. The molecule has 0 saturated heterocycles. The number of H-pyrrole nitrogens is 1. The summed E-state index contributed by atoms with van der Waals surface area (Å²) in [6, 6.07) is 6.57. The van der Waals surface area contributed by atoms with E-state index >= 15 is 0 Å². The third kappa shape index (κ3) is 2.91. The molecule has 19 heavy (non-hydrogen) atoms. The van der Waals surface area contributed by atoms with Gasteiger partial charge in [0, 0.05) is 19.8 Å². The van der Waals surface area contributed by atoms with E-state index in [1.165, 1.54) is 17.7 Å². The summed E-state index contributed by atoms with van der Waals surface area (Å²) in [6.07, 6.45) is 1.34. The van der Waals surface area contributed by atoms with Gasteiger partial charge in [-0.1, -0.05) is 0 Å². The number of anilines is 1. The number of nitrogens with zero attached hydrogens (tertiary/aromatic N) is 3. The van der Waals surface area contributed by atoms with Gasteiger partial charge in [0.2, 0.25) is 10.0 Å². The first-order valence-corrected chi connectivity index (χ1v) is 7.06. The Hall–Kier alpha value is -1.93. The van der Waals surface area contributed by atoms with Crippen LogP contribution >= 0.6 is 0 Å². The minimum Gasteiger partial charge on any atom is -0.388 e. The van der Waals surface area contributed by atoms with E-state index < -0.39 is 10.0 Å². The molecule has 0 fully saturated rings. The number of rotatable bonds is 5. The Morgan fingerprint density at radius 3 is 2.53 bits per heavy atom. The van der Waals surface area contributed by atoms with Crippen LogP contribution in [0, 0.1) is 0 Å². The van der Waals surface area contributed by atoms with Crippen LogP contribution in [0.1, 0.15) is 5.82 Å². The third-order valence-electron chi connectivity index (χ3n) is 2.69. The second-order valence-electron chi connectivity index (χ2n) is 3.97. The van der Waals surface area contributed by atoms with Crippen LogP contribution in [0.2, 0.25) is 0 Å². The van der Waals surface area contributed by atoms with Crippen LogP contribution < -0.4 is 5.32 Å². The lowest BCUT2D eigenvalue weighted by Crippen LogP contribution is -2.27. The fraction of sp³-hybridized carbons (Fsp3) is 0.273. The zero-order valence-corrected chi connectivity index (χ0v) is 11.5. The molecule has 0 bridgehead atoms. The molecule has 2 N–H and O–H groups in total. The predicted molar refractivity (Wildman–Crippen MR) is 71.0 cm³/mol. The Morgan fingerprint density at radius 2 is 2.00 bits per heavy atom. The zero-order valence-electron chi connectivity index (χ0n) is 10.7. The average molecular weight is 281 g/mol. The van der Waals surface area contributed by atoms with Crippen LogP contribution in [0.3, 0.4) is 0 Å². The van der Waals surface area contributed by atoms with Crippen molar-refractivity contribution >= 4 is 15.7 Å². The number of benzene rings is 1. The van der Waals surface area contributed by atoms with Gasteiger partial charge in [0.15, 0.2) is 0 Å². The fourth-order valence-corrected chi connectivity index (χ4v) is 2.71. The van der Waals surface area contributed by atoms with E-state index in [9.17, 15) is 8.42 Å². The monoisotopic (exact) mass is 281 g/mol. The van der Waals surface area contributed by atoms with Crippen LogP contribution in [0.4, 0.5) is 5.69 Å². The topological polar surface area (TPSA) is 91.0 Å². The quantitative estimate of drug-likeness (QED) is 0.840. The van der Waals surface area contributed by atoms with E-state index in [-0.39, 0.29) is 11.4 Å². The summed E-state index contributed by atoms with van der Waals surface area (Å²) in [4.78, 5) is 4.15. The molecule has 0 aliphatic heterocycles. The highest BCUT2D eigenvalue weighted by Crippen LogP contribution is 2.18. The van der Waals surface area contributed by atoms with E-state index in [1.807, 2.05) is 0 Å². The smallest absolute Gasteiger partial charge is 0.243 e. The highest BCUT2D eigenvalue weighted by Gasteiger charge is 2.21. The standard InChI is InChI=1S/C11H15N5O2S/c1-12-9-3-5-10(6-4-9)19(17,18)16(2)7-11-13-8-14-15-11/h3-6,8,12H,7H2,1-2H3,(H,13,14,15). The molecule has 8 heteroatoms. The Bertz CT molecular complexity index is 622. The van der Waals surface area contributed by atoms with Gasteiger partial charge in [-0.05, 0) is 24.3 Å². The summed E-state index contributed by atoms with van der Waals surface area (Å²) in [5.41, 5.74) is 0.858. The van der Waals surface area contributed by atoms with Gasteiger partial charge >= 0.3 is 0 Å². The number of aromatic amines is 1. The first-order valence-electron chi connectivity index (χ1n) is 5.62. The summed E-state index contributed by atoms with van der Waals surface area (Å²) < 4.78 is 25.8. The molecule has 102 valence electrons. The molecule has 0 aliphatic rings. The van der Waals surface area contributed by atoms with Gasteiger partial charge < -0.3 is 5.32 Å². The molecular weight excluding hydrogens is 266 g/mol. The normalized spacial score (nSPS) is 11.7. The summed E-state index contributed by atoms with van der Waals surface area (Å²) >= 11 is 0. The molecule has 2 rings (SSSR count). The molecule has 0 atom stereocenters. The van der Waals surface area contributed by atoms with Crippen LogP contribution in [0.25, 0.3) is 0 Å². The van der Waals surface area contributed by atoms with Gasteiger partial charge in [0.25, 0.3) is 0 Å². The lowest BCUT2D eigenvalue weighted by Gasteiger charge is -2.16. The largest absolute Gasteiger partial charge is 0.388 e. The number of aromatic nitrogens is 3. The molecule has 0 radical (unpaired) electrons. The van der Waals surface area contributed by atoms with Crippen molar-refractivity contribution in [3.63, 3.8) is 0 Å². The van der Waals surface area contributed by atoms with E-state index in [1.54, 1.807) is 31.3 Å². The SMILES string of the molecule is CNc1ccc(S(=O)(=O)N(C)Cc2ncn[nH]2)cc1. The van der Waals surface area contributed by atoms with E-state index in [2.05, 4.69) is 20.5 Å². The van der Waals surface area contributed by atoms with Crippen molar-refractivity contribution in [1.82, 2.24) is 19.5 Å². The van der Waals surface area contributed by atoms with Crippen molar-refractivity contribution in [1.29, 1.82) is 0 Å². The molecule has 0 aliphatic carbocycles. The molecular formula is C11H15N5O2S. The van der Waals surface area contributed by atoms with Gasteiger partial charge in [0.1, 0.15) is 12.2 Å². The highest BCUT2D eigenvalue weighted by atomic mass is 32.2. The van der Waals surface area contributed by atoms with Gasteiger partial charge in [-0.3, -0.25) is 5.10 Å². The second-order valence-corrected chi connectivity index (χ2v) is 6.01. The molecule has 1 aromatic heterocycles. The molecule has 2 aromatic rings. The van der Waals surface area contributed by atoms with E-state index in [0.29, 0.717) is 5.82 Å². The first-order chi connectivity index (χ1) is 9.04. The van der Waals surface area contributed by atoms with Gasteiger partial charge in [0.05, 0.1) is 11.4 Å².